The molecular weight excluding hydrogens is 605 g/mol. The molecule has 0 amide bonds. The number of hydrogen-bond donors (Lipinski definition) is 0. The minimum absolute atomic E-state index is 1.16. The number of fused-ring (bicyclic) bond motifs is 6. The van der Waals surface area contributed by atoms with Crippen molar-refractivity contribution in [3.05, 3.63) is 194 Å². The van der Waals surface area contributed by atoms with Gasteiger partial charge < -0.3 is 9.13 Å². The van der Waals surface area contributed by atoms with Gasteiger partial charge in [-0.3, -0.25) is 0 Å². The van der Waals surface area contributed by atoms with Crippen LogP contribution in [-0.4, -0.2) is 9.13 Å². The van der Waals surface area contributed by atoms with Crippen LogP contribution in [0.3, 0.4) is 0 Å². The summed E-state index contributed by atoms with van der Waals surface area (Å²) in [6.45, 7) is 0. The SMILES string of the molecule is c1ccc(-c2cccc(-c3ccccc3)c2-n2c3ccccc3c3ccc(-c4cccc5c4c4ccccc4n5-c4ccccc4)cc32)cc1. The second-order valence-corrected chi connectivity index (χ2v) is 12.9. The van der Waals surface area contributed by atoms with E-state index in [2.05, 4.69) is 203 Å². The zero-order valence-electron chi connectivity index (χ0n) is 27.4. The van der Waals surface area contributed by atoms with E-state index in [0.717, 1.165) is 5.69 Å². The quantitative estimate of drug-likeness (QED) is 0.178. The monoisotopic (exact) mass is 636 g/mol. The van der Waals surface area contributed by atoms with Crippen molar-refractivity contribution in [1.29, 1.82) is 0 Å². The summed E-state index contributed by atoms with van der Waals surface area (Å²) in [5.41, 5.74) is 14.4. The van der Waals surface area contributed by atoms with Crippen molar-refractivity contribution in [2.24, 2.45) is 0 Å². The van der Waals surface area contributed by atoms with Crippen LogP contribution in [0.4, 0.5) is 0 Å². The van der Waals surface area contributed by atoms with Gasteiger partial charge in [0.1, 0.15) is 0 Å². The zero-order valence-corrected chi connectivity index (χ0v) is 27.4. The summed E-state index contributed by atoms with van der Waals surface area (Å²) in [7, 11) is 0. The fourth-order valence-electron chi connectivity index (χ4n) is 7.98. The van der Waals surface area contributed by atoms with E-state index in [9.17, 15) is 0 Å². The highest BCUT2D eigenvalue weighted by Gasteiger charge is 2.21. The average molecular weight is 637 g/mol. The molecule has 0 fully saturated rings. The van der Waals surface area contributed by atoms with Gasteiger partial charge in [0.15, 0.2) is 0 Å². The van der Waals surface area contributed by atoms with Gasteiger partial charge in [0.2, 0.25) is 0 Å². The van der Waals surface area contributed by atoms with Crippen molar-refractivity contribution < 1.29 is 0 Å². The maximum atomic E-state index is 2.51. The van der Waals surface area contributed by atoms with Crippen molar-refractivity contribution in [2.75, 3.05) is 0 Å². The highest BCUT2D eigenvalue weighted by Crippen LogP contribution is 2.44. The number of benzene rings is 8. The number of para-hydroxylation sites is 4. The van der Waals surface area contributed by atoms with Gasteiger partial charge in [-0.2, -0.15) is 0 Å². The molecule has 50 heavy (non-hydrogen) atoms. The van der Waals surface area contributed by atoms with Gasteiger partial charge in [-0.05, 0) is 58.7 Å². The summed E-state index contributed by atoms with van der Waals surface area (Å²) < 4.78 is 4.90. The Balaban J connectivity index is 1.31. The zero-order chi connectivity index (χ0) is 33.0. The van der Waals surface area contributed by atoms with E-state index in [0.29, 0.717) is 0 Å². The fourth-order valence-corrected chi connectivity index (χ4v) is 7.98. The molecule has 0 N–H and O–H groups in total. The predicted octanol–water partition coefficient (Wildman–Crippen LogP) is 12.9. The van der Waals surface area contributed by atoms with Gasteiger partial charge in [0.25, 0.3) is 0 Å². The van der Waals surface area contributed by atoms with E-state index in [1.165, 1.54) is 82.7 Å². The smallest absolute Gasteiger partial charge is 0.0618 e. The lowest BCUT2D eigenvalue weighted by molar-refractivity contribution is 1.18. The third-order valence-corrected chi connectivity index (χ3v) is 10.1. The number of hydrogen-bond acceptors (Lipinski definition) is 0. The summed E-state index contributed by atoms with van der Waals surface area (Å²) in [5.74, 6) is 0. The first-order chi connectivity index (χ1) is 24.8. The maximum absolute atomic E-state index is 2.51. The maximum Gasteiger partial charge on any atom is 0.0618 e. The Bertz CT molecular complexity index is 2780. The summed E-state index contributed by atoms with van der Waals surface area (Å²) in [5, 5.41) is 5.01. The van der Waals surface area contributed by atoms with Crippen molar-refractivity contribution in [1.82, 2.24) is 9.13 Å². The van der Waals surface area contributed by atoms with Gasteiger partial charge in [-0.15, -0.1) is 0 Å². The molecule has 2 nitrogen and oxygen atoms in total. The van der Waals surface area contributed by atoms with Crippen LogP contribution in [0, 0.1) is 0 Å². The van der Waals surface area contributed by atoms with Crippen LogP contribution in [0.1, 0.15) is 0 Å². The minimum Gasteiger partial charge on any atom is -0.309 e. The van der Waals surface area contributed by atoms with Gasteiger partial charge >= 0.3 is 0 Å². The van der Waals surface area contributed by atoms with Crippen LogP contribution >= 0.6 is 0 Å². The molecular formula is C48H32N2. The Labute approximate surface area is 290 Å². The van der Waals surface area contributed by atoms with Gasteiger partial charge in [0, 0.05) is 38.4 Å². The van der Waals surface area contributed by atoms with Crippen molar-refractivity contribution in [3.8, 4) is 44.8 Å². The van der Waals surface area contributed by atoms with E-state index in [1.807, 2.05) is 0 Å². The van der Waals surface area contributed by atoms with Gasteiger partial charge in [-0.1, -0.05) is 158 Å². The van der Waals surface area contributed by atoms with Crippen LogP contribution in [0.25, 0.3) is 88.4 Å². The Kier molecular flexibility index (Phi) is 6.53. The normalized spacial score (nSPS) is 11.6. The Hall–Kier alpha value is -6.64. The van der Waals surface area contributed by atoms with E-state index in [4.69, 9.17) is 0 Å². The van der Waals surface area contributed by atoms with Crippen LogP contribution in [0.15, 0.2) is 194 Å². The molecule has 10 rings (SSSR count). The third-order valence-electron chi connectivity index (χ3n) is 10.1. The Morgan fingerprint density at radius 2 is 0.780 bits per heavy atom. The van der Waals surface area contributed by atoms with Crippen molar-refractivity contribution in [2.45, 2.75) is 0 Å². The highest BCUT2D eigenvalue weighted by atomic mass is 15.0. The molecule has 0 unspecified atom stereocenters. The first kappa shape index (κ1) is 28.4. The molecule has 2 heteroatoms. The molecule has 0 saturated carbocycles. The largest absolute Gasteiger partial charge is 0.309 e. The molecule has 10 aromatic rings. The summed E-state index contributed by atoms with van der Waals surface area (Å²) >= 11 is 0. The van der Waals surface area contributed by atoms with Crippen molar-refractivity contribution in [3.63, 3.8) is 0 Å². The van der Waals surface area contributed by atoms with Crippen LogP contribution in [0.5, 0.6) is 0 Å². The minimum atomic E-state index is 1.16. The molecule has 0 aliphatic carbocycles. The number of nitrogens with zero attached hydrogens (tertiary/aromatic N) is 2. The molecule has 0 bridgehead atoms. The Morgan fingerprint density at radius 1 is 0.280 bits per heavy atom. The lowest BCUT2D eigenvalue weighted by Gasteiger charge is -2.19. The summed E-state index contributed by atoms with van der Waals surface area (Å²) in [6.07, 6.45) is 0. The molecule has 234 valence electrons. The molecule has 0 saturated heterocycles. The van der Waals surface area contributed by atoms with Gasteiger partial charge in [0.05, 0.1) is 27.8 Å². The van der Waals surface area contributed by atoms with Crippen LogP contribution in [-0.2, 0) is 0 Å². The fraction of sp³-hybridized carbons (Fsp3) is 0. The van der Waals surface area contributed by atoms with Crippen molar-refractivity contribution >= 4 is 43.6 Å². The molecule has 2 aromatic heterocycles. The molecule has 0 radical (unpaired) electrons. The second kappa shape index (κ2) is 11.5. The molecule has 8 aromatic carbocycles. The lowest BCUT2D eigenvalue weighted by atomic mass is 9.95. The first-order valence-electron chi connectivity index (χ1n) is 17.2. The lowest BCUT2D eigenvalue weighted by Crippen LogP contribution is -2.00. The number of rotatable bonds is 5. The Morgan fingerprint density at radius 3 is 1.46 bits per heavy atom. The third kappa shape index (κ3) is 4.36. The van der Waals surface area contributed by atoms with E-state index in [-0.39, 0.29) is 0 Å². The van der Waals surface area contributed by atoms with E-state index >= 15 is 0 Å². The summed E-state index contributed by atoms with van der Waals surface area (Å²) in [6, 6.07) is 70.4. The topological polar surface area (TPSA) is 9.86 Å². The molecule has 0 spiro atoms. The molecule has 2 heterocycles. The van der Waals surface area contributed by atoms with Gasteiger partial charge in [-0.25, -0.2) is 0 Å². The highest BCUT2D eigenvalue weighted by molar-refractivity contribution is 6.17. The summed E-state index contributed by atoms with van der Waals surface area (Å²) in [4.78, 5) is 0. The molecule has 0 atom stereocenters. The van der Waals surface area contributed by atoms with Crippen LogP contribution < -0.4 is 0 Å². The first-order valence-corrected chi connectivity index (χ1v) is 17.2. The molecule has 0 aliphatic rings. The molecule has 0 aliphatic heterocycles. The van der Waals surface area contributed by atoms with Crippen LogP contribution in [0.2, 0.25) is 0 Å². The standard InChI is InChI=1S/C48H32N2/c1-4-16-33(17-5-1)38-25-14-26-39(34-18-6-2-7-19-34)48(38)50-43-27-12-10-22-40(43)41-31-30-35(32-46(41)50)37-24-15-29-45-47(37)42-23-11-13-28-44(42)49(45)36-20-8-3-9-21-36/h1-32H. The second-order valence-electron chi connectivity index (χ2n) is 12.9. The van der Waals surface area contributed by atoms with E-state index in [1.54, 1.807) is 0 Å². The number of aromatic nitrogens is 2. The predicted molar refractivity (Wildman–Crippen MR) is 211 cm³/mol. The van der Waals surface area contributed by atoms with E-state index < -0.39 is 0 Å². The average Bonchev–Trinajstić information content (AvgIpc) is 3.71.